The summed E-state index contributed by atoms with van der Waals surface area (Å²) in [7, 11) is 0. The molecule has 0 saturated carbocycles. The Morgan fingerprint density at radius 3 is 2.30 bits per heavy atom. The summed E-state index contributed by atoms with van der Waals surface area (Å²) >= 11 is 10.4. The molecule has 0 N–H and O–H groups in total. The standard InChI is InChI=1S/C6H10Cl2O2/c1-4(2)3-5(9)10-6(7)8/h4,6H,3H2,1-2H3. The van der Waals surface area contributed by atoms with Crippen LogP contribution in [0.5, 0.6) is 0 Å². The first-order valence-electron chi connectivity index (χ1n) is 3.00. The first-order valence-corrected chi connectivity index (χ1v) is 3.87. The van der Waals surface area contributed by atoms with E-state index >= 15 is 0 Å². The van der Waals surface area contributed by atoms with Gasteiger partial charge in [-0.3, -0.25) is 4.79 Å². The number of esters is 1. The zero-order valence-electron chi connectivity index (χ0n) is 5.93. The molecule has 0 saturated heterocycles. The molecule has 0 aromatic heterocycles. The molecule has 0 spiro atoms. The van der Waals surface area contributed by atoms with E-state index in [2.05, 4.69) is 4.74 Å². The first kappa shape index (κ1) is 10.0. The number of hydrogen-bond donors (Lipinski definition) is 0. The minimum atomic E-state index is -1.04. The lowest BCUT2D eigenvalue weighted by Crippen LogP contribution is -2.09. The van der Waals surface area contributed by atoms with Crippen LogP contribution < -0.4 is 0 Å². The van der Waals surface area contributed by atoms with Crippen molar-refractivity contribution in [3.05, 3.63) is 0 Å². The molecule has 0 atom stereocenters. The Hall–Kier alpha value is 0.0500. The van der Waals surface area contributed by atoms with Crippen LogP contribution in [0.4, 0.5) is 0 Å². The summed E-state index contributed by atoms with van der Waals surface area (Å²) in [5.74, 6) is -0.0791. The second-order valence-corrected chi connectivity index (χ2v) is 3.36. The van der Waals surface area contributed by atoms with Gasteiger partial charge in [0.15, 0.2) is 0 Å². The van der Waals surface area contributed by atoms with Gasteiger partial charge in [0.25, 0.3) is 5.02 Å². The highest BCUT2D eigenvalue weighted by Crippen LogP contribution is 2.08. The van der Waals surface area contributed by atoms with Crippen LogP contribution >= 0.6 is 23.2 Å². The second-order valence-electron chi connectivity index (χ2n) is 2.35. The third-order valence-electron chi connectivity index (χ3n) is 0.795. The fourth-order valence-electron chi connectivity index (χ4n) is 0.481. The van der Waals surface area contributed by atoms with Gasteiger partial charge in [0.2, 0.25) is 0 Å². The molecule has 0 aliphatic rings. The molecule has 0 aliphatic carbocycles. The maximum atomic E-state index is 10.7. The smallest absolute Gasteiger partial charge is 0.308 e. The third kappa shape index (κ3) is 6.17. The summed E-state index contributed by atoms with van der Waals surface area (Å²) in [6, 6.07) is 0. The zero-order chi connectivity index (χ0) is 8.15. The monoisotopic (exact) mass is 184 g/mol. The molecule has 0 unspecified atom stereocenters. The predicted molar refractivity (Wildman–Crippen MR) is 41.0 cm³/mol. The topological polar surface area (TPSA) is 26.3 Å². The molecule has 0 heterocycles. The van der Waals surface area contributed by atoms with Gasteiger partial charge in [0.05, 0.1) is 0 Å². The minimum Gasteiger partial charge on any atom is -0.431 e. The van der Waals surface area contributed by atoms with E-state index in [1.807, 2.05) is 13.8 Å². The van der Waals surface area contributed by atoms with Gasteiger partial charge in [-0.2, -0.15) is 0 Å². The molecular formula is C6H10Cl2O2. The summed E-state index contributed by atoms with van der Waals surface area (Å²) in [5.41, 5.74) is 0. The maximum absolute atomic E-state index is 10.7. The van der Waals surface area contributed by atoms with Crippen LogP contribution in [0.15, 0.2) is 0 Å². The van der Waals surface area contributed by atoms with Crippen molar-refractivity contribution in [2.75, 3.05) is 0 Å². The lowest BCUT2D eigenvalue weighted by molar-refractivity contribution is -0.143. The molecule has 0 aliphatic heterocycles. The van der Waals surface area contributed by atoms with Gasteiger partial charge in [-0.1, -0.05) is 37.0 Å². The normalized spacial score (nSPS) is 10.6. The number of carbonyl (C=O) groups excluding carboxylic acids is 1. The molecule has 0 aromatic rings. The number of carbonyl (C=O) groups is 1. The number of rotatable bonds is 3. The summed E-state index contributed by atoms with van der Waals surface area (Å²) in [6.07, 6.45) is 0.357. The van der Waals surface area contributed by atoms with Crippen molar-refractivity contribution in [1.29, 1.82) is 0 Å². The van der Waals surface area contributed by atoms with Gasteiger partial charge in [-0.05, 0) is 5.92 Å². The van der Waals surface area contributed by atoms with Gasteiger partial charge in [0, 0.05) is 6.42 Å². The Labute approximate surface area is 70.4 Å². The van der Waals surface area contributed by atoms with E-state index in [-0.39, 0.29) is 11.9 Å². The average molecular weight is 185 g/mol. The van der Waals surface area contributed by atoms with E-state index < -0.39 is 5.02 Å². The predicted octanol–water partition coefficient (Wildman–Crippen LogP) is 2.34. The van der Waals surface area contributed by atoms with Crippen molar-refractivity contribution in [2.45, 2.75) is 25.3 Å². The molecule has 0 bridgehead atoms. The van der Waals surface area contributed by atoms with Gasteiger partial charge in [-0.15, -0.1) is 0 Å². The fourth-order valence-corrected chi connectivity index (χ4v) is 0.680. The summed E-state index contributed by atoms with van der Waals surface area (Å²) in [5, 5.41) is -1.04. The summed E-state index contributed by atoms with van der Waals surface area (Å²) < 4.78 is 4.45. The van der Waals surface area contributed by atoms with Crippen LogP contribution in [0.25, 0.3) is 0 Å². The lowest BCUT2D eigenvalue weighted by atomic mass is 10.1. The zero-order valence-corrected chi connectivity index (χ0v) is 7.45. The maximum Gasteiger partial charge on any atom is 0.308 e. The Morgan fingerprint density at radius 2 is 2.00 bits per heavy atom. The molecule has 0 aromatic carbocycles. The quantitative estimate of drug-likeness (QED) is 0.498. The van der Waals surface area contributed by atoms with Crippen molar-refractivity contribution in [2.24, 2.45) is 5.92 Å². The number of alkyl halides is 2. The molecule has 4 heteroatoms. The largest absolute Gasteiger partial charge is 0.431 e. The van der Waals surface area contributed by atoms with Crippen molar-refractivity contribution >= 4 is 29.2 Å². The highest BCUT2D eigenvalue weighted by Gasteiger charge is 2.09. The Morgan fingerprint density at radius 1 is 1.50 bits per heavy atom. The van der Waals surface area contributed by atoms with Gasteiger partial charge < -0.3 is 4.74 Å². The Balaban J connectivity index is 3.44. The molecule has 0 fully saturated rings. The number of hydrogen-bond acceptors (Lipinski definition) is 2. The molecule has 2 nitrogen and oxygen atoms in total. The molecular weight excluding hydrogens is 175 g/mol. The minimum absolute atomic E-state index is 0.277. The second kappa shape index (κ2) is 4.80. The van der Waals surface area contributed by atoms with Gasteiger partial charge in [-0.25, -0.2) is 0 Å². The molecule has 0 radical (unpaired) electrons. The molecule has 10 heavy (non-hydrogen) atoms. The average Bonchev–Trinajstić information content (AvgIpc) is 1.58. The van der Waals surface area contributed by atoms with Crippen LogP contribution in [0.1, 0.15) is 20.3 Å². The summed E-state index contributed by atoms with van der Waals surface area (Å²) in [4.78, 5) is 10.7. The van der Waals surface area contributed by atoms with E-state index in [1.54, 1.807) is 0 Å². The van der Waals surface area contributed by atoms with Gasteiger partial charge in [0.1, 0.15) is 0 Å². The SMILES string of the molecule is CC(C)CC(=O)OC(Cl)Cl. The first-order chi connectivity index (χ1) is 4.52. The molecule has 60 valence electrons. The number of ether oxygens (including phenoxy) is 1. The molecule has 0 rings (SSSR count). The van der Waals surface area contributed by atoms with Crippen LogP contribution in [0.3, 0.4) is 0 Å². The van der Waals surface area contributed by atoms with Crippen molar-refractivity contribution in [3.8, 4) is 0 Å². The highest BCUT2D eigenvalue weighted by atomic mass is 35.5. The van der Waals surface area contributed by atoms with Crippen LogP contribution in [0, 0.1) is 5.92 Å². The van der Waals surface area contributed by atoms with Gasteiger partial charge >= 0.3 is 5.97 Å². The Bertz CT molecular complexity index is 100. The van der Waals surface area contributed by atoms with Crippen LogP contribution in [0.2, 0.25) is 0 Å². The fraction of sp³-hybridized carbons (Fsp3) is 0.833. The van der Waals surface area contributed by atoms with Crippen molar-refractivity contribution in [1.82, 2.24) is 0 Å². The molecule has 0 amide bonds. The highest BCUT2D eigenvalue weighted by molar-refractivity contribution is 6.43. The van der Waals surface area contributed by atoms with Crippen LogP contribution in [-0.4, -0.2) is 11.0 Å². The number of halogens is 2. The summed E-state index contributed by atoms with van der Waals surface area (Å²) in [6.45, 7) is 3.83. The third-order valence-corrected chi connectivity index (χ3v) is 0.974. The van der Waals surface area contributed by atoms with Crippen molar-refractivity contribution in [3.63, 3.8) is 0 Å². The lowest BCUT2D eigenvalue weighted by Gasteiger charge is -2.05. The van der Waals surface area contributed by atoms with E-state index in [4.69, 9.17) is 23.2 Å². The Kier molecular flexibility index (Phi) is 4.83. The van der Waals surface area contributed by atoms with E-state index in [9.17, 15) is 4.79 Å². The van der Waals surface area contributed by atoms with E-state index in [0.29, 0.717) is 6.42 Å². The van der Waals surface area contributed by atoms with Crippen LogP contribution in [-0.2, 0) is 9.53 Å². The van der Waals surface area contributed by atoms with E-state index in [1.165, 1.54) is 0 Å². The van der Waals surface area contributed by atoms with E-state index in [0.717, 1.165) is 0 Å². The van der Waals surface area contributed by atoms with Crippen molar-refractivity contribution < 1.29 is 9.53 Å².